The zero-order valence-electron chi connectivity index (χ0n) is 58.1. The Hall–Kier alpha value is -6.84. The summed E-state index contributed by atoms with van der Waals surface area (Å²) in [5.41, 5.74) is 8.41. The van der Waals surface area contributed by atoms with Crippen LogP contribution in [-0.4, -0.2) is 11.6 Å². The number of hydrogen-bond acceptors (Lipinski definition) is 12. The lowest BCUT2D eigenvalue weighted by Crippen LogP contribution is -2.05. The molecule has 0 fully saturated rings. The number of allylic oxidation sites excluding steroid dienone is 4. The Bertz CT molecular complexity index is 4130. The van der Waals surface area contributed by atoms with E-state index in [1.54, 1.807) is 22.7 Å². The lowest BCUT2D eigenvalue weighted by atomic mass is 9.92. The van der Waals surface area contributed by atoms with Gasteiger partial charge in [0.1, 0.15) is 35.4 Å². The molecule has 3 aromatic carbocycles. The van der Waals surface area contributed by atoms with Crippen LogP contribution in [0.5, 0.6) is 0 Å². The van der Waals surface area contributed by atoms with E-state index in [0.29, 0.717) is 33.4 Å². The molecular weight excluding hydrogens is 1310 g/mol. The number of rotatable bonds is 38. The number of nitriles is 4. The number of carbonyl (C=O) groups is 2. The highest BCUT2D eigenvalue weighted by molar-refractivity contribution is 7.29. The number of aryl methyl sites for hydroxylation is 4. The quantitative estimate of drug-likeness (QED) is 0.0280. The van der Waals surface area contributed by atoms with Gasteiger partial charge in [0, 0.05) is 102 Å². The summed E-state index contributed by atoms with van der Waals surface area (Å²) >= 11 is 11.0. The second kappa shape index (κ2) is 36.0. The molecule has 0 saturated carbocycles. The topological polar surface area (TPSA) is 129 Å². The number of benzene rings is 3. The predicted molar refractivity (Wildman–Crippen MR) is 421 cm³/mol. The first-order chi connectivity index (χ1) is 48.2. The summed E-state index contributed by atoms with van der Waals surface area (Å²) in [7, 11) is 0. The van der Waals surface area contributed by atoms with Crippen LogP contribution < -0.4 is 0 Å². The molecule has 0 amide bonds. The molecule has 0 spiro atoms. The number of unbranched alkanes of at least 4 members (excludes halogenated alkanes) is 24. The summed E-state index contributed by atoms with van der Waals surface area (Å²) in [5, 5.41) is 44.4. The van der Waals surface area contributed by atoms with Crippen molar-refractivity contribution in [3.63, 3.8) is 0 Å². The van der Waals surface area contributed by atoms with Crippen molar-refractivity contribution in [1.29, 1.82) is 21.0 Å². The van der Waals surface area contributed by atoms with Crippen molar-refractivity contribution in [3.8, 4) is 64.7 Å². The average Bonchev–Trinajstić information content (AvgIpc) is 1.56. The van der Waals surface area contributed by atoms with Gasteiger partial charge < -0.3 is 0 Å². The van der Waals surface area contributed by atoms with Gasteiger partial charge in [-0.2, -0.15) is 21.0 Å². The minimum atomic E-state index is -0.752. The summed E-state index contributed by atoms with van der Waals surface area (Å²) in [6, 6.07) is 42.7. The van der Waals surface area contributed by atoms with E-state index in [1.165, 1.54) is 190 Å². The first kappa shape index (κ1) is 72.4. The summed E-state index contributed by atoms with van der Waals surface area (Å²) in [6.45, 7) is 9.07. The first-order valence-corrected chi connectivity index (χ1v) is 41.9. The van der Waals surface area contributed by atoms with E-state index in [0.717, 1.165) is 106 Å². The van der Waals surface area contributed by atoms with Crippen molar-refractivity contribution in [3.05, 3.63) is 161 Å². The van der Waals surface area contributed by atoms with Gasteiger partial charge >= 0.3 is 0 Å². The maximum Gasteiger partial charge on any atom is 0.176 e. The van der Waals surface area contributed by atoms with Crippen LogP contribution in [0.15, 0.2) is 108 Å². The Balaban J connectivity index is 1.08. The van der Waals surface area contributed by atoms with Crippen molar-refractivity contribution < 1.29 is 9.59 Å². The van der Waals surface area contributed by atoms with Crippen molar-refractivity contribution in [2.24, 2.45) is 0 Å². The van der Waals surface area contributed by atoms with Crippen LogP contribution in [0.25, 0.3) is 71.7 Å². The predicted octanol–water partition coefficient (Wildman–Crippen LogP) is 27.8. The van der Waals surface area contributed by atoms with Crippen LogP contribution in [0.4, 0.5) is 0 Å². The second-order valence-electron chi connectivity index (χ2n) is 27.2. The molecule has 2 aliphatic rings. The van der Waals surface area contributed by atoms with E-state index >= 15 is 0 Å². The van der Waals surface area contributed by atoms with Gasteiger partial charge in [-0.1, -0.05) is 230 Å². The summed E-state index contributed by atoms with van der Waals surface area (Å²) in [4.78, 5) is 41.4. The Kier molecular flexibility index (Phi) is 26.6. The third kappa shape index (κ3) is 16.5. The number of carbonyl (C=O) groups excluding carboxylic acids is 2. The van der Waals surface area contributed by atoms with Gasteiger partial charge in [-0.25, -0.2) is 0 Å². The average molecular weight is 1410 g/mol. The van der Waals surface area contributed by atoms with E-state index in [2.05, 4.69) is 101 Å². The van der Waals surface area contributed by atoms with Gasteiger partial charge in [-0.15, -0.1) is 68.0 Å². The molecule has 98 heavy (non-hydrogen) atoms. The Morgan fingerprint density at radius 3 is 1.01 bits per heavy atom. The molecule has 0 N–H and O–H groups in total. The summed E-state index contributed by atoms with van der Waals surface area (Å²) in [5.74, 6) is -1.63. The number of Topliss-reactive ketones (excluding diaryl/α,β-unsaturated/α-hetero) is 2. The number of fused-ring (bicyclic) bond motifs is 4. The van der Waals surface area contributed by atoms with E-state index in [-0.39, 0.29) is 22.7 Å². The molecule has 0 aliphatic heterocycles. The molecule has 6 aromatic heterocycles. The third-order valence-electron chi connectivity index (χ3n) is 20.2. The summed E-state index contributed by atoms with van der Waals surface area (Å²) in [6.07, 6.45) is 38.5. The maximum atomic E-state index is 14.8. The van der Waals surface area contributed by atoms with Gasteiger partial charge in [-0.3, -0.25) is 9.59 Å². The van der Waals surface area contributed by atoms with Crippen LogP contribution in [0.3, 0.4) is 0 Å². The highest BCUT2D eigenvalue weighted by Crippen LogP contribution is 2.58. The number of nitrogens with zero attached hydrogens (tertiary/aromatic N) is 4. The molecule has 2 unspecified atom stereocenters. The van der Waals surface area contributed by atoms with Crippen molar-refractivity contribution >= 4 is 111 Å². The Labute approximate surface area is 607 Å². The Morgan fingerprint density at radius 1 is 0.347 bits per heavy atom. The van der Waals surface area contributed by atoms with E-state index in [1.807, 2.05) is 93.9 Å². The first-order valence-electron chi connectivity index (χ1n) is 37.0. The molecule has 6 nitrogen and oxygen atoms in total. The molecule has 12 heteroatoms. The molecule has 0 radical (unpaired) electrons. The van der Waals surface area contributed by atoms with Crippen LogP contribution in [-0.2, 0) is 25.7 Å². The smallest absolute Gasteiger partial charge is 0.176 e. The number of ketones is 2. The normalized spacial score (nSPS) is 14.2. The minimum absolute atomic E-state index is 0.0102. The molecule has 2 aliphatic carbocycles. The standard InChI is InChI=1S/C86H94N4O2S6/c1-5-9-13-17-19-21-23-25-27-31-39-61-45-47-69(93-61)77-67-51-73(83-57(37-29-15-11-7-3)49-71(95-83)79-75(59(53-87)54-88)63-41-33-35-43-65(63)81(79)91)98-86(67)78(70-48-46-62(94-70)40-32-28-26-24-22-20-18-14-10-6-2)68-52-74(97-85(68)77)84-58(38-30-16-12-8-4)50-72(96-84)80-76(60(55-89)56-90)64-42-34-36-44-66(64)82(80)92/h33-36,41-52,79-80H,5-32,37-40H2,1-4H3. The molecular formula is C86H94N4O2S6. The molecule has 2 atom stereocenters. The molecule has 6 heterocycles. The Morgan fingerprint density at radius 2 is 0.663 bits per heavy atom. The SMILES string of the molecule is CCCCCCCCCCCCc1ccc(-c2c3cc(-c4sc(C5C(=O)c6ccccc6C5=C(C#N)C#N)cc4CCCCCC)sc3c(-c3ccc(CCCCCCCCCCCC)s3)c3cc(-c4sc(C5C(=O)c6ccccc6C5=C(C#N)C#N)cc4CCCCCC)sc23)s1. The van der Waals surface area contributed by atoms with Crippen LogP contribution in [0, 0.1) is 45.3 Å². The molecule has 506 valence electrons. The van der Waals surface area contributed by atoms with Gasteiger partial charge in [0.05, 0.1) is 11.8 Å². The number of thiophene rings is 6. The zero-order chi connectivity index (χ0) is 68.3. The lowest BCUT2D eigenvalue weighted by Gasteiger charge is -2.09. The van der Waals surface area contributed by atoms with Crippen molar-refractivity contribution in [2.45, 2.75) is 245 Å². The fourth-order valence-corrected chi connectivity index (χ4v) is 22.7. The molecule has 9 aromatic rings. The molecule has 0 bridgehead atoms. The van der Waals surface area contributed by atoms with Crippen molar-refractivity contribution in [2.75, 3.05) is 0 Å². The zero-order valence-corrected chi connectivity index (χ0v) is 63.0. The van der Waals surface area contributed by atoms with Gasteiger partial charge in [0.25, 0.3) is 0 Å². The third-order valence-corrected chi connectivity index (χ3v) is 27.6. The molecule has 0 saturated heterocycles. The minimum Gasteiger partial charge on any atom is -0.293 e. The van der Waals surface area contributed by atoms with E-state index in [4.69, 9.17) is 0 Å². The fourth-order valence-electron chi connectivity index (χ4n) is 14.9. The fraction of sp³-hybridized carbons (Fsp3) is 0.442. The van der Waals surface area contributed by atoms with Crippen LogP contribution >= 0.6 is 68.0 Å². The largest absolute Gasteiger partial charge is 0.293 e. The molecule has 11 rings (SSSR count). The van der Waals surface area contributed by atoms with E-state index in [9.17, 15) is 30.6 Å². The monoisotopic (exact) mass is 1410 g/mol. The van der Waals surface area contributed by atoms with E-state index < -0.39 is 11.8 Å². The van der Waals surface area contributed by atoms with Crippen LogP contribution in [0.1, 0.15) is 282 Å². The van der Waals surface area contributed by atoms with Gasteiger partial charge in [0.2, 0.25) is 0 Å². The van der Waals surface area contributed by atoms with Crippen molar-refractivity contribution in [1.82, 2.24) is 0 Å². The maximum absolute atomic E-state index is 14.8. The van der Waals surface area contributed by atoms with Crippen LogP contribution in [0.2, 0.25) is 0 Å². The van der Waals surface area contributed by atoms with Gasteiger partial charge in [0.15, 0.2) is 11.6 Å². The number of hydrogen-bond donors (Lipinski definition) is 0. The van der Waals surface area contributed by atoms with Gasteiger partial charge in [-0.05, 0) is 122 Å². The highest BCUT2D eigenvalue weighted by Gasteiger charge is 2.42. The lowest BCUT2D eigenvalue weighted by molar-refractivity contribution is 0.0979. The highest BCUT2D eigenvalue weighted by atomic mass is 32.1. The second-order valence-corrected chi connectivity index (χ2v) is 33.8. The summed E-state index contributed by atoms with van der Waals surface area (Å²) < 4.78 is 2.49.